The molecule has 1 amide bonds. The summed E-state index contributed by atoms with van der Waals surface area (Å²) in [6, 6.07) is 22.5. The fraction of sp³-hybridized carbons (Fsp3) is 0.188. The monoisotopic (exact) mass is 589 g/mol. The highest BCUT2D eigenvalue weighted by molar-refractivity contribution is 7.99. The van der Waals surface area contributed by atoms with Gasteiger partial charge in [0.05, 0.1) is 17.0 Å². The van der Waals surface area contributed by atoms with Crippen molar-refractivity contribution >= 4 is 53.1 Å². The number of rotatable bonds is 5. The summed E-state index contributed by atoms with van der Waals surface area (Å²) in [6.07, 6.45) is 8.90. The number of anilines is 1. The zero-order valence-electron chi connectivity index (χ0n) is 21.7. The fourth-order valence-electron chi connectivity index (χ4n) is 5.58. The first-order valence-electron chi connectivity index (χ1n) is 13.1. The van der Waals surface area contributed by atoms with Crippen molar-refractivity contribution in [1.82, 2.24) is 10.2 Å². The Morgan fingerprint density at radius 2 is 1.77 bits per heavy atom. The zero-order chi connectivity index (χ0) is 26.8. The molecule has 8 heteroatoms. The number of allylic oxidation sites excluding steroid dienone is 1. The van der Waals surface area contributed by atoms with Gasteiger partial charge in [-0.15, -0.1) is 12.4 Å². The molecule has 204 valence electrons. The van der Waals surface area contributed by atoms with Crippen LogP contribution in [0, 0.1) is 5.92 Å². The molecule has 5 nitrogen and oxygen atoms in total. The van der Waals surface area contributed by atoms with E-state index in [0.29, 0.717) is 28.3 Å². The second kappa shape index (κ2) is 12.4. The van der Waals surface area contributed by atoms with Crippen LogP contribution in [0.5, 0.6) is 0 Å². The summed E-state index contributed by atoms with van der Waals surface area (Å²) < 4.78 is 0. The molecule has 2 heterocycles. The highest BCUT2D eigenvalue weighted by atomic mass is 35.5. The van der Waals surface area contributed by atoms with Crippen LogP contribution in [0.1, 0.15) is 27.1 Å². The van der Waals surface area contributed by atoms with Crippen LogP contribution in [0.3, 0.4) is 0 Å². The summed E-state index contributed by atoms with van der Waals surface area (Å²) in [5, 5.41) is 6.61. The average molecular weight is 591 g/mol. The standard InChI is InChI=1S/C32H28ClN3O2S.ClH/c33-29-17-23(35-32(38)26-11-5-4-10-25(26)21-7-2-1-3-8-21)13-14-27(29)31(37)28-12-6-9-22-18-34-19-24-20-39-16-15-36(24)30(22)28;/h1-11,13-14,17-19,28,30,34H,12,15-16,20H2,(H,35,38);1H/t28?,30-;/m1./s1. The van der Waals surface area contributed by atoms with Crippen molar-refractivity contribution < 1.29 is 9.59 Å². The number of amides is 1. The van der Waals surface area contributed by atoms with E-state index in [2.05, 4.69) is 27.7 Å². The number of Topliss-reactive ketones (excluding diaryl/α,β-unsaturated/α-hetero) is 1. The Bertz CT molecular complexity index is 1520. The van der Waals surface area contributed by atoms with Crippen molar-refractivity contribution in [1.29, 1.82) is 0 Å². The number of fused-ring (bicyclic) bond motifs is 3. The second-order valence-electron chi connectivity index (χ2n) is 9.81. The summed E-state index contributed by atoms with van der Waals surface area (Å²) >= 11 is 8.61. The molecule has 2 atom stereocenters. The van der Waals surface area contributed by atoms with Crippen molar-refractivity contribution in [2.24, 2.45) is 5.92 Å². The molecule has 40 heavy (non-hydrogen) atoms. The van der Waals surface area contributed by atoms with Crippen LogP contribution in [-0.2, 0) is 0 Å². The number of ketones is 1. The Hall–Kier alpha value is -3.45. The summed E-state index contributed by atoms with van der Waals surface area (Å²) in [5.74, 6) is 1.51. The molecule has 2 aliphatic heterocycles. The lowest BCUT2D eigenvalue weighted by molar-refractivity contribution is 0.0850. The number of carbonyl (C=O) groups excluding carboxylic acids is 2. The third-order valence-electron chi connectivity index (χ3n) is 7.44. The van der Waals surface area contributed by atoms with Gasteiger partial charge in [0.1, 0.15) is 0 Å². The minimum atomic E-state index is -0.247. The molecule has 0 radical (unpaired) electrons. The van der Waals surface area contributed by atoms with Gasteiger partial charge in [0.25, 0.3) is 5.91 Å². The third kappa shape index (κ3) is 5.57. The van der Waals surface area contributed by atoms with E-state index in [1.165, 1.54) is 5.70 Å². The Morgan fingerprint density at radius 3 is 2.60 bits per heavy atom. The number of hydrogen-bond donors (Lipinski definition) is 2. The number of nitrogens with zero attached hydrogens (tertiary/aromatic N) is 1. The van der Waals surface area contributed by atoms with Crippen LogP contribution in [0.25, 0.3) is 11.1 Å². The van der Waals surface area contributed by atoms with Gasteiger partial charge < -0.3 is 15.5 Å². The van der Waals surface area contributed by atoms with E-state index < -0.39 is 0 Å². The predicted molar refractivity (Wildman–Crippen MR) is 167 cm³/mol. The molecule has 1 aliphatic carbocycles. The smallest absolute Gasteiger partial charge is 0.256 e. The van der Waals surface area contributed by atoms with Gasteiger partial charge in [0, 0.05) is 53.0 Å². The van der Waals surface area contributed by atoms with Gasteiger partial charge >= 0.3 is 0 Å². The van der Waals surface area contributed by atoms with Gasteiger partial charge in [-0.1, -0.05) is 72.3 Å². The Balaban J connectivity index is 0.00000323. The normalized spacial score (nSPS) is 19.5. The first-order chi connectivity index (χ1) is 19.1. The molecular weight excluding hydrogens is 561 g/mol. The molecule has 0 bridgehead atoms. The molecule has 0 saturated carbocycles. The quantitative estimate of drug-likeness (QED) is 0.308. The number of thioether (sulfide) groups is 1. The lowest BCUT2D eigenvalue weighted by Crippen LogP contribution is -2.47. The molecule has 1 unspecified atom stereocenters. The van der Waals surface area contributed by atoms with E-state index in [9.17, 15) is 9.59 Å². The van der Waals surface area contributed by atoms with Crippen LogP contribution in [0.15, 0.2) is 109 Å². The predicted octanol–water partition coefficient (Wildman–Crippen LogP) is 7.19. The minimum Gasteiger partial charge on any atom is -0.366 e. The van der Waals surface area contributed by atoms with Crippen molar-refractivity contribution in [3.8, 4) is 11.1 Å². The molecule has 3 aromatic rings. The van der Waals surface area contributed by atoms with Gasteiger partial charge in [-0.2, -0.15) is 11.8 Å². The first kappa shape index (κ1) is 28.1. The van der Waals surface area contributed by atoms with Crippen molar-refractivity contribution in [2.45, 2.75) is 12.5 Å². The van der Waals surface area contributed by atoms with E-state index >= 15 is 0 Å². The average Bonchev–Trinajstić information content (AvgIpc) is 3.17. The fourth-order valence-corrected chi connectivity index (χ4v) is 6.78. The summed E-state index contributed by atoms with van der Waals surface area (Å²) in [5.41, 5.74) is 5.74. The van der Waals surface area contributed by atoms with Crippen LogP contribution in [0.2, 0.25) is 5.02 Å². The topological polar surface area (TPSA) is 61.4 Å². The molecule has 2 N–H and O–H groups in total. The molecule has 3 aliphatic rings. The second-order valence-corrected chi connectivity index (χ2v) is 11.3. The highest BCUT2D eigenvalue weighted by Crippen LogP contribution is 2.37. The van der Waals surface area contributed by atoms with Crippen LogP contribution >= 0.6 is 35.8 Å². The molecule has 6 rings (SSSR count). The van der Waals surface area contributed by atoms with E-state index in [1.807, 2.05) is 78.8 Å². The van der Waals surface area contributed by atoms with Crippen molar-refractivity contribution in [2.75, 3.05) is 23.4 Å². The van der Waals surface area contributed by atoms with Gasteiger partial charge in [-0.05, 0) is 47.4 Å². The minimum absolute atomic E-state index is 0. The molecule has 0 spiro atoms. The zero-order valence-corrected chi connectivity index (χ0v) is 24.1. The van der Waals surface area contributed by atoms with Gasteiger partial charge in [0.15, 0.2) is 5.78 Å². The Kier molecular flexibility index (Phi) is 8.69. The van der Waals surface area contributed by atoms with Gasteiger partial charge in [0.2, 0.25) is 0 Å². The molecule has 1 saturated heterocycles. The van der Waals surface area contributed by atoms with Crippen LogP contribution in [0.4, 0.5) is 5.69 Å². The van der Waals surface area contributed by atoms with E-state index in [0.717, 1.165) is 34.8 Å². The number of carbonyl (C=O) groups is 2. The number of halogens is 2. The highest BCUT2D eigenvalue weighted by Gasteiger charge is 2.39. The van der Waals surface area contributed by atoms with Gasteiger partial charge in [-0.3, -0.25) is 9.59 Å². The van der Waals surface area contributed by atoms with E-state index in [4.69, 9.17) is 11.6 Å². The van der Waals surface area contributed by atoms with Crippen LogP contribution < -0.4 is 10.6 Å². The molecular formula is C32H29Cl2N3O2S. The number of benzene rings is 3. The summed E-state index contributed by atoms with van der Waals surface area (Å²) in [4.78, 5) is 29.5. The SMILES string of the molecule is Cl.O=C(Nc1ccc(C(=O)C2CC=CC3=CNC=C4CSCCN4[C@H]32)c(Cl)c1)c1ccccc1-c1ccccc1. The Labute approximate surface area is 249 Å². The lowest BCUT2D eigenvalue weighted by atomic mass is 9.79. The summed E-state index contributed by atoms with van der Waals surface area (Å²) in [6.45, 7) is 0.904. The van der Waals surface area contributed by atoms with Crippen molar-refractivity contribution in [3.05, 3.63) is 125 Å². The first-order valence-corrected chi connectivity index (χ1v) is 14.6. The largest absolute Gasteiger partial charge is 0.366 e. The molecule has 0 aromatic heterocycles. The third-order valence-corrected chi connectivity index (χ3v) is 8.72. The van der Waals surface area contributed by atoms with E-state index in [1.54, 1.807) is 18.2 Å². The van der Waals surface area contributed by atoms with Crippen molar-refractivity contribution in [3.63, 3.8) is 0 Å². The van der Waals surface area contributed by atoms with Crippen LogP contribution in [-0.4, -0.2) is 40.7 Å². The lowest BCUT2D eigenvalue weighted by Gasteiger charge is -2.42. The van der Waals surface area contributed by atoms with Gasteiger partial charge in [-0.25, -0.2) is 0 Å². The number of nitrogens with one attached hydrogen (secondary N) is 2. The Morgan fingerprint density at radius 1 is 0.975 bits per heavy atom. The maximum Gasteiger partial charge on any atom is 0.256 e. The number of hydrogen-bond acceptors (Lipinski definition) is 5. The molecule has 1 fully saturated rings. The van der Waals surface area contributed by atoms with E-state index in [-0.39, 0.29) is 36.1 Å². The summed E-state index contributed by atoms with van der Waals surface area (Å²) in [7, 11) is 0. The molecule has 3 aromatic carbocycles. The maximum absolute atomic E-state index is 13.9. The maximum atomic E-state index is 13.9.